The van der Waals surface area contributed by atoms with Gasteiger partial charge in [-0.05, 0) is 47.6 Å². The van der Waals surface area contributed by atoms with E-state index in [2.05, 4.69) is 11.0 Å². The zero-order valence-corrected chi connectivity index (χ0v) is 20.4. The van der Waals surface area contributed by atoms with E-state index in [1.807, 2.05) is 64.0 Å². The summed E-state index contributed by atoms with van der Waals surface area (Å²) in [6, 6.07) is 15.8. The Morgan fingerprint density at radius 3 is 2.39 bits per heavy atom. The second-order valence-electron chi connectivity index (χ2n) is 9.31. The molecule has 2 fully saturated rings. The molecule has 0 bridgehead atoms. The first-order chi connectivity index (χ1) is 16.1. The van der Waals surface area contributed by atoms with Crippen LogP contribution >= 0.6 is 23.4 Å². The highest BCUT2D eigenvalue weighted by atomic mass is 35.5. The van der Waals surface area contributed by atoms with Gasteiger partial charge in [-0.3, -0.25) is 14.5 Å². The smallest absolute Gasteiger partial charge is 0.254 e. The van der Waals surface area contributed by atoms with Gasteiger partial charge < -0.3 is 9.80 Å². The van der Waals surface area contributed by atoms with E-state index in [-0.39, 0.29) is 17.4 Å². The summed E-state index contributed by atoms with van der Waals surface area (Å²) in [5.41, 5.74) is 2.65. The fraction of sp³-hybridized carbons (Fsp3) is 0.462. The number of thioether (sulfide) groups is 1. The number of nitrogens with zero attached hydrogens (tertiary/aromatic N) is 3. The molecule has 0 unspecified atom stereocenters. The third kappa shape index (κ3) is 4.66. The van der Waals surface area contributed by atoms with E-state index in [1.165, 1.54) is 0 Å². The predicted molar refractivity (Wildman–Crippen MR) is 134 cm³/mol. The van der Waals surface area contributed by atoms with Gasteiger partial charge >= 0.3 is 0 Å². The normalized spacial score (nSPS) is 20.7. The van der Waals surface area contributed by atoms with Crippen molar-refractivity contribution in [2.24, 2.45) is 0 Å². The molecule has 0 atom stereocenters. The Morgan fingerprint density at radius 1 is 0.970 bits per heavy atom. The minimum atomic E-state index is -0.368. The first-order valence-electron chi connectivity index (χ1n) is 11.8. The Labute approximate surface area is 205 Å². The maximum atomic E-state index is 13.5. The number of amides is 2. The Kier molecular flexibility index (Phi) is 6.68. The molecule has 3 aliphatic rings. The van der Waals surface area contributed by atoms with Gasteiger partial charge in [0.2, 0.25) is 5.91 Å². The maximum absolute atomic E-state index is 13.5. The minimum absolute atomic E-state index is 0.0925. The zero-order valence-electron chi connectivity index (χ0n) is 18.8. The summed E-state index contributed by atoms with van der Waals surface area (Å²) in [4.78, 5) is 33.1. The molecule has 5 nitrogen and oxygen atoms in total. The lowest BCUT2D eigenvalue weighted by Gasteiger charge is -2.45. The minimum Gasteiger partial charge on any atom is -0.340 e. The second kappa shape index (κ2) is 9.69. The van der Waals surface area contributed by atoms with E-state index in [4.69, 9.17) is 11.6 Å². The molecule has 174 valence electrons. The maximum Gasteiger partial charge on any atom is 0.254 e. The number of benzene rings is 2. The van der Waals surface area contributed by atoms with E-state index in [9.17, 15) is 9.59 Å². The molecule has 3 heterocycles. The fourth-order valence-electron chi connectivity index (χ4n) is 5.35. The molecule has 2 saturated heterocycles. The molecule has 0 aromatic heterocycles. The summed E-state index contributed by atoms with van der Waals surface area (Å²) in [7, 11) is 0. The summed E-state index contributed by atoms with van der Waals surface area (Å²) in [5, 5.41) is 0.796. The molecule has 0 radical (unpaired) electrons. The zero-order chi connectivity index (χ0) is 22.8. The average Bonchev–Trinajstić information content (AvgIpc) is 3.19. The van der Waals surface area contributed by atoms with Crippen LogP contribution in [0.15, 0.2) is 48.5 Å². The summed E-state index contributed by atoms with van der Waals surface area (Å²) in [5.74, 6) is 2.27. The van der Waals surface area contributed by atoms with Crippen LogP contribution in [0, 0.1) is 0 Å². The monoisotopic (exact) mass is 483 g/mol. The first-order valence-corrected chi connectivity index (χ1v) is 13.3. The summed E-state index contributed by atoms with van der Waals surface area (Å²) in [6.45, 7) is 4.56. The molecule has 2 amide bonds. The Bertz CT molecular complexity index is 1030. The van der Waals surface area contributed by atoms with Crippen LogP contribution in [-0.2, 0) is 17.9 Å². The lowest BCUT2D eigenvalue weighted by molar-refractivity contribution is -0.136. The van der Waals surface area contributed by atoms with Gasteiger partial charge in [-0.15, -0.1) is 0 Å². The number of hydrogen-bond donors (Lipinski definition) is 0. The van der Waals surface area contributed by atoms with Gasteiger partial charge in [0.25, 0.3) is 5.91 Å². The van der Waals surface area contributed by atoms with Crippen molar-refractivity contribution >= 4 is 35.2 Å². The predicted octanol–water partition coefficient (Wildman–Crippen LogP) is 4.30. The quantitative estimate of drug-likeness (QED) is 0.636. The molecule has 5 rings (SSSR count). The van der Waals surface area contributed by atoms with Crippen molar-refractivity contribution in [2.45, 2.75) is 37.9 Å². The number of rotatable bonds is 5. The van der Waals surface area contributed by atoms with Crippen LogP contribution in [0.4, 0.5) is 0 Å². The molecule has 0 aliphatic carbocycles. The van der Waals surface area contributed by atoms with Crippen LogP contribution in [0.3, 0.4) is 0 Å². The highest BCUT2D eigenvalue weighted by Gasteiger charge is 2.46. The number of piperazine rings is 1. The number of halogens is 1. The van der Waals surface area contributed by atoms with E-state index in [0.717, 1.165) is 78.8 Å². The summed E-state index contributed by atoms with van der Waals surface area (Å²) < 4.78 is 0. The van der Waals surface area contributed by atoms with Crippen LogP contribution in [-0.4, -0.2) is 69.7 Å². The second-order valence-corrected chi connectivity index (χ2v) is 10.9. The number of fused-ring (bicyclic) bond motifs is 1. The van der Waals surface area contributed by atoms with Crippen LogP contribution in [0.1, 0.15) is 40.7 Å². The molecule has 0 saturated carbocycles. The lowest BCUT2D eigenvalue weighted by Crippen LogP contribution is -2.56. The van der Waals surface area contributed by atoms with Crippen molar-refractivity contribution in [2.75, 3.05) is 37.7 Å². The van der Waals surface area contributed by atoms with E-state index in [0.29, 0.717) is 13.0 Å². The molecule has 2 aromatic carbocycles. The number of carbonyl (C=O) groups is 2. The molecule has 0 N–H and O–H groups in total. The largest absolute Gasteiger partial charge is 0.340 e. The molecule has 0 spiro atoms. The average molecular weight is 484 g/mol. The third-order valence-corrected chi connectivity index (χ3v) is 8.73. The van der Waals surface area contributed by atoms with Gasteiger partial charge in [0.15, 0.2) is 0 Å². The van der Waals surface area contributed by atoms with Crippen molar-refractivity contribution in [1.82, 2.24) is 14.7 Å². The molecular weight excluding hydrogens is 454 g/mol. The highest BCUT2D eigenvalue weighted by Crippen LogP contribution is 2.40. The Hall–Kier alpha value is -2.02. The van der Waals surface area contributed by atoms with Crippen molar-refractivity contribution in [3.8, 4) is 0 Å². The van der Waals surface area contributed by atoms with Gasteiger partial charge in [-0.2, -0.15) is 11.8 Å². The molecule has 2 aromatic rings. The molecule has 3 aliphatic heterocycles. The van der Waals surface area contributed by atoms with Crippen molar-refractivity contribution in [3.05, 3.63) is 70.2 Å². The molecule has 33 heavy (non-hydrogen) atoms. The summed E-state index contributed by atoms with van der Waals surface area (Å²) in [6.07, 6.45) is 2.20. The lowest BCUT2D eigenvalue weighted by atomic mass is 9.85. The first kappa shape index (κ1) is 22.8. The molecule has 7 heteroatoms. The van der Waals surface area contributed by atoms with Crippen molar-refractivity contribution < 1.29 is 9.59 Å². The fourth-order valence-corrected chi connectivity index (χ4v) is 6.80. The van der Waals surface area contributed by atoms with E-state index >= 15 is 0 Å². The van der Waals surface area contributed by atoms with Crippen LogP contribution in [0.2, 0.25) is 5.02 Å². The highest BCUT2D eigenvalue weighted by molar-refractivity contribution is 7.99. The van der Waals surface area contributed by atoms with E-state index < -0.39 is 0 Å². The van der Waals surface area contributed by atoms with Gasteiger partial charge in [0.1, 0.15) is 0 Å². The molecular formula is C26H30ClN3O2S. The van der Waals surface area contributed by atoms with Gasteiger partial charge in [0.05, 0.1) is 12.0 Å². The van der Waals surface area contributed by atoms with Crippen LogP contribution in [0.5, 0.6) is 0 Å². The topological polar surface area (TPSA) is 43.9 Å². The Balaban J connectivity index is 1.24. The van der Waals surface area contributed by atoms with Crippen LogP contribution in [0.25, 0.3) is 0 Å². The standard InChI is InChI=1S/C26H30ClN3O2S/c27-23-8-4-2-6-21(23)18-28-11-13-29(14-12-28)24(31)17-26(9-15-33-16-10-26)30-19-20-5-1-3-7-22(20)25(30)32/h1-8H,9-19H2. The van der Waals surface area contributed by atoms with Gasteiger partial charge in [0, 0.05) is 49.9 Å². The van der Waals surface area contributed by atoms with Gasteiger partial charge in [-0.25, -0.2) is 0 Å². The third-order valence-electron chi connectivity index (χ3n) is 7.37. The summed E-state index contributed by atoms with van der Waals surface area (Å²) >= 11 is 8.25. The van der Waals surface area contributed by atoms with Gasteiger partial charge in [-0.1, -0.05) is 48.0 Å². The van der Waals surface area contributed by atoms with Crippen molar-refractivity contribution in [1.29, 1.82) is 0 Å². The SMILES string of the molecule is O=C(CC1(N2Cc3ccccc3C2=O)CCSCC1)N1CCN(Cc2ccccc2Cl)CC1. The number of carbonyl (C=O) groups excluding carboxylic acids is 2. The van der Waals surface area contributed by atoms with Crippen molar-refractivity contribution in [3.63, 3.8) is 0 Å². The van der Waals surface area contributed by atoms with Crippen LogP contribution < -0.4 is 0 Å². The number of hydrogen-bond acceptors (Lipinski definition) is 4. The van der Waals surface area contributed by atoms with E-state index in [1.54, 1.807) is 0 Å². The Morgan fingerprint density at radius 2 is 1.67 bits per heavy atom.